The lowest BCUT2D eigenvalue weighted by molar-refractivity contribution is -0.159. The van der Waals surface area contributed by atoms with Gasteiger partial charge >= 0.3 is 11.9 Å². The van der Waals surface area contributed by atoms with Crippen LogP contribution < -0.4 is 4.90 Å². The summed E-state index contributed by atoms with van der Waals surface area (Å²) in [5, 5.41) is 14.8. The number of likely N-dealkylation sites (N-methyl/N-ethyl adjacent to an activating group) is 1. The number of nitrogens with zero attached hydrogens (tertiary/aromatic N) is 2. The van der Waals surface area contributed by atoms with Gasteiger partial charge in [0.1, 0.15) is 0 Å². The fourth-order valence-corrected chi connectivity index (χ4v) is 3.74. The molecule has 3 rings (SSSR count). The lowest BCUT2D eigenvalue weighted by atomic mass is 10.2. The molecule has 0 saturated heterocycles. The van der Waals surface area contributed by atoms with Crippen LogP contribution in [-0.2, 0) is 14.4 Å². The molecular formula is C20H22N2O5S. The Morgan fingerprint density at radius 3 is 1.68 bits per heavy atom. The molecule has 28 heavy (non-hydrogen) atoms. The lowest BCUT2D eigenvalue weighted by Gasteiger charge is -2.32. The number of para-hydroxylation sites is 2. The van der Waals surface area contributed by atoms with Gasteiger partial charge in [0, 0.05) is 9.79 Å². The second-order valence-corrected chi connectivity index (χ2v) is 6.92. The summed E-state index contributed by atoms with van der Waals surface area (Å²) in [5.74, 6) is -3.52. The van der Waals surface area contributed by atoms with Gasteiger partial charge in [0.05, 0.1) is 17.9 Å². The van der Waals surface area contributed by atoms with Crippen LogP contribution in [0.3, 0.4) is 0 Å². The Bertz CT molecular complexity index is 810. The molecule has 1 aliphatic heterocycles. The highest BCUT2D eigenvalue weighted by Gasteiger charge is 2.28. The first-order chi connectivity index (χ1) is 13.4. The average Bonchev–Trinajstić information content (AvgIpc) is 2.70. The summed E-state index contributed by atoms with van der Waals surface area (Å²) in [4.78, 5) is 37.4. The van der Waals surface area contributed by atoms with E-state index in [1.807, 2.05) is 41.3 Å². The van der Waals surface area contributed by atoms with E-state index in [-0.39, 0.29) is 5.91 Å². The molecule has 8 heteroatoms. The second-order valence-electron chi connectivity index (χ2n) is 5.84. The number of carboxylic acid groups (broad SMARTS) is 2. The van der Waals surface area contributed by atoms with Crippen molar-refractivity contribution in [1.29, 1.82) is 0 Å². The molecule has 0 fully saturated rings. The van der Waals surface area contributed by atoms with Crippen LogP contribution in [-0.4, -0.2) is 52.6 Å². The van der Waals surface area contributed by atoms with Gasteiger partial charge in [-0.15, -0.1) is 0 Å². The fraction of sp³-hybridized carbons (Fsp3) is 0.250. The van der Waals surface area contributed by atoms with Crippen molar-refractivity contribution in [2.24, 2.45) is 0 Å². The van der Waals surface area contributed by atoms with Crippen LogP contribution in [0.2, 0.25) is 0 Å². The molecule has 1 amide bonds. The van der Waals surface area contributed by atoms with Crippen LogP contribution in [0.15, 0.2) is 58.3 Å². The molecule has 2 aromatic rings. The summed E-state index contributed by atoms with van der Waals surface area (Å²) >= 11 is 1.73. The van der Waals surface area contributed by atoms with Crippen molar-refractivity contribution in [2.45, 2.75) is 23.6 Å². The monoisotopic (exact) mass is 402 g/mol. The third kappa shape index (κ3) is 5.11. The topological polar surface area (TPSA) is 98.2 Å². The highest BCUT2D eigenvalue weighted by Crippen LogP contribution is 2.47. The first-order valence-corrected chi connectivity index (χ1v) is 9.58. The molecule has 0 spiro atoms. The van der Waals surface area contributed by atoms with Crippen LogP contribution in [0.4, 0.5) is 11.4 Å². The normalized spacial score (nSPS) is 11.8. The zero-order valence-electron chi connectivity index (χ0n) is 15.7. The Balaban J connectivity index is 0.000000409. The number of hydrogen-bond acceptors (Lipinski definition) is 5. The van der Waals surface area contributed by atoms with Crippen molar-refractivity contribution in [3.05, 3.63) is 48.5 Å². The Hall–Kier alpha value is -2.84. The Morgan fingerprint density at radius 2 is 1.29 bits per heavy atom. The molecule has 2 N–H and O–H groups in total. The van der Waals surface area contributed by atoms with E-state index in [2.05, 4.69) is 30.9 Å². The maximum atomic E-state index is 12.9. The van der Waals surface area contributed by atoms with E-state index in [4.69, 9.17) is 19.8 Å². The Labute approximate surface area is 167 Å². The van der Waals surface area contributed by atoms with E-state index in [0.717, 1.165) is 34.3 Å². The Morgan fingerprint density at radius 1 is 0.857 bits per heavy atom. The first-order valence-electron chi connectivity index (χ1n) is 8.76. The predicted molar refractivity (Wildman–Crippen MR) is 107 cm³/mol. The van der Waals surface area contributed by atoms with E-state index >= 15 is 0 Å². The number of benzene rings is 2. The number of amides is 1. The minimum absolute atomic E-state index is 0.129. The third-order valence-electron chi connectivity index (χ3n) is 4.12. The molecule has 148 valence electrons. The van der Waals surface area contributed by atoms with Crippen LogP contribution in [0.25, 0.3) is 0 Å². The van der Waals surface area contributed by atoms with E-state index in [1.165, 1.54) is 0 Å². The van der Waals surface area contributed by atoms with Gasteiger partial charge < -0.3 is 10.2 Å². The van der Waals surface area contributed by atoms with Crippen LogP contribution in [0, 0.1) is 0 Å². The van der Waals surface area contributed by atoms with E-state index < -0.39 is 11.9 Å². The summed E-state index contributed by atoms with van der Waals surface area (Å²) in [5.41, 5.74) is 1.98. The average molecular weight is 402 g/mol. The zero-order valence-corrected chi connectivity index (χ0v) is 16.5. The van der Waals surface area contributed by atoms with Gasteiger partial charge in [0.2, 0.25) is 5.91 Å². The van der Waals surface area contributed by atoms with Gasteiger partial charge in [-0.25, -0.2) is 9.59 Å². The molecule has 0 unspecified atom stereocenters. The largest absolute Gasteiger partial charge is 0.473 e. The van der Waals surface area contributed by atoms with E-state index in [9.17, 15) is 4.79 Å². The van der Waals surface area contributed by atoms with Crippen LogP contribution >= 0.6 is 11.8 Å². The highest BCUT2D eigenvalue weighted by molar-refractivity contribution is 7.99. The molecule has 0 bridgehead atoms. The summed E-state index contributed by atoms with van der Waals surface area (Å²) in [6, 6.07) is 16.2. The number of fused-ring (bicyclic) bond motifs is 2. The molecule has 0 atom stereocenters. The summed E-state index contributed by atoms with van der Waals surface area (Å²) in [6.07, 6.45) is 0. The van der Waals surface area contributed by atoms with E-state index in [0.29, 0.717) is 6.54 Å². The Kier molecular flexibility index (Phi) is 7.60. The lowest BCUT2D eigenvalue weighted by Crippen LogP contribution is -2.39. The van der Waals surface area contributed by atoms with Gasteiger partial charge in [-0.05, 0) is 37.4 Å². The van der Waals surface area contributed by atoms with Gasteiger partial charge in [0.25, 0.3) is 0 Å². The van der Waals surface area contributed by atoms with Crippen molar-refractivity contribution in [3.8, 4) is 0 Å². The maximum absolute atomic E-state index is 12.9. The predicted octanol–water partition coefficient (Wildman–Crippen LogP) is 3.31. The van der Waals surface area contributed by atoms with Gasteiger partial charge in [0.15, 0.2) is 0 Å². The van der Waals surface area contributed by atoms with Crippen molar-refractivity contribution in [1.82, 2.24) is 4.90 Å². The fourth-order valence-electron chi connectivity index (χ4n) is 2.68. The molecule has 2 aromatic carbocycles. The van der Waals surface area contributed by atoms with Gasteiger partial charge in [-0.1, -0.05) is 49.9 Å². The third-order valence-corrected chi connectivity index (χ3v) is 5.25. The number of carboxylic acids is 2. The summed E-state index contributed by atoms with van der Waals surface area (Å²) < 4.78 is 0. The maximum Gasteiger partial charge on any atom is 0.414 e. The van der Waals surface area contributed by atoms with Crippen molar-refractivity contribution < 1.29 is 24.6 Å². The van der Waals surface area contributed by atoms with Crippen molar-refractivity contribution in [3.63, 3.8) is 0 Å². The zero-order chi connectivity index (χ0) is 20.7. The summed E-state index contributed by atoms with van der Waals surface area (Å²) in [6.45, 7) is 6.39. The van der Waals surface area contributed by atoms with Crippen molar-refractivity contribution >= 4 is 41.0 Å². The van der Waals surface area contributed by atoms with Crippen LogP contribution in [0.1, 0.15) is 13.8 Å². The number of anilines is 2. The molecule has 0 saturated carbocycles. The number of hydrogen-bond donors (Lipinski definition) is 2. The van der Waals surface area contributed by atoms with Crippen LogP contribution in [0.5, 0.6) is 0 Å². The van der Waals surface area contributed by atoms with Crippen molar-refractivity contribution in [2.75, 3.05) is 24.5 Å². The van der Waals surface area contributed by atoms with Gasteiger partial charge in [-0.2, -0.15) is 0 Å². The summed E-state index contributed by atoms with van der Waals surface area (Å²) in [7, 11) is 0. The molecule has 0 aromatic heterocycles. The van der Waals surface area contributed by atoms with Gasteiger partial charge in [-0.3, -0.25) is 14.6 Å². The number of rotatable bonds is 4. The number of carbonyl (C=O) groups excluding carboxylic acids is 1. The number of aliphatic carboxylic acids is 2. The number of carbonyl (C=O) groups is 3. The second kappa shape index (κ2) is 9.91. The minimum Gasteiger partial charge on any atom is -0.473 e. The first kappa shape index (κ1) is 21.5. The molecule has 1 aliphatic rings. The standard InChI is InChI=1S/C18H20N2OS.C2H2O4/c1-3-19(4-2)13-18(21)20-14-9-5-7-11-16(14)22-17-12-8-6-10-15(17)20;3-1(4)2(5)6/h5-12H,3-4,13H2,1-2H3;(H,3,4)(H,5,6). The molecule has 1 heterocycles. The minimum atomic E-state index is -1.82. The molecule has 7 nitrogen and oxygen atoms in total. The smallest absolute Gasteiger partial charge is 0.414 e. The SMILES string of the molecule is CCN(CC)CC(=O)N1c2ccccc2Sc2ccccc21.O=C(O)C(=O)O. The molecular weight excluding hydrogens is 380 g/mol. The molecule has 0 aliphatic carbocycles. The van der Waals surface area contributed by atoms with E-state index in [1.54, 1.807) is 11.8 Å². The highest BCUT2D eigenvalue weighted by atomic mass is 32.2. The quantitative estimate of drug-likeness (QED) is 0.757. The molecule has 0 radical (unpaired) electrons.